The quantitative estimate of drug-likeness (QED) is 0.594. The zero-order valence-corrected chi connectivity index (χ0v) is 14.5. The Hall–Kier alpha value is -3.28. The van der Waals surface area contributed by atoms with Gasteiger partial charge in [0.2, 0.25) is 0 Å². The smallest absolute Gasteiger partial charge is 0.188 e. The fraction of sp³-hybridized carbons (Fsp3) is 0.150. The van der Waals surface area contributed by atoms with Crippen LogP contribution in [0.3, 0.4) is 0 Å². The van der Waals surface area contributed by atoms with Crippen LogP contribution in [0.15, 0.2) is 60.7 Å². The van der Waals surface area contributed by atoms with E-state index in [1.54, 1.807) is 22.7 Å². The fourth-order valence-corrected chi connectivity index (χ4v) is 3.05. The Morgan fingerprint density at radius 3 is 2.54 bits per heavy atom. The van der Waals surface area contributed by atoms with Crippen LogP contribution < -0.4 is 5.32 Å². The largest absolute Gasteiger partial charge is 0.362 e. The molecule has 0 fully saturated rings. The molecule has 6 heteroatoms. The maximum absolute atomic E-state index is 14.1. The number of nitrogens with zero attached hydrogens (tertiary/aromatic N) is 4. The van der Waals surface area contributed by atoms with E-state index in [9.17, 15) is 4.39 Å². The Morgan fingerprint density at radius 2 is 1.73 bits per heavy atom. The first-order valence-electron chi connectivity index (χ1n) is 8.43. The molecule has 1 N–H and O–H groups in total. The highest BCUT2D eigenvalue weighted by Crippen LogP contribution is 2.23. The molecule has 2 aromatic carbocycles. The number of hydrogen-bond acceptors (Lipinski definition) is 4. The number of anilines is 1. The fourth-order valence-electron chi connectivity index (χ4n) is 3.05. The Bertz CT molecular complexity index is 1070. The molecule has 0 amide bonds. The number of halogens is 1. The van der Waals surface area contributed by atoms with E-state index in [1.165, 1.54) is 17.2 Å². The van der Waals surface area contributed by atoms with Gasteiger partial charge >= 0.3 is 0 Å². The van der Waals surface area contributed by atoms with E-state index in [2.05, 4.69) is 46.6 Å². The van der Waals surface area contributed by atoms with Gasteiger partial charge in [0, 0.05) is 0 Å². The lowest BCUT2D eigenvalue weighted by Crippen LogP contribution is -2.10. The van der Waals surface area contributed by atoms with Gasteiger partial charge < -0.3 is 5.32 Å². The zero-order chi connectivity index (χ0) is 18.1. The van der Waals surface area contributed by atoms with Crippen LogP contribution in [-0.4, -0.2) is 19.8 Å². The van der Waals surface area contributed by atoms with E-state index in [0.29, 0.717) is 22.9 Å². The molecule has 0 bridgehead atoms. The van der Waals surface area contributed by atoms with Crippen molar-refractivity contribution in [3.63, 3.8) is 0 Å². The molecule has 0 radical (unpaired) electrons. The highest BCUT2D eigenvalue weighted by molar-refractivity contribution is 5.60. The summed E-state index contributed by atoms with van der Waals surface area (Å²) in [5.41, 5.74) is 3.35. The zero-order valence-electron chi connectivity index (χ0n) is 14.5. The van der Waals surface area contributed by atoms with Crippen molar-refractivity contribution in [2.45, 2.75) is 19.9 Å². The Morgan fingerprint density at radius 1 is 0.962 bits per heavy atom. The lowest BCUT2D eigenvalue weighted by molar-refractivity contribution is 0.629. The van der Waals surface area contributed by atoms with Crippen molar-refractivity contribution in [3.8, 4) is 11.4 Å². The Kier molecular flexibility index (Phi) is 4.08. The second-order valence-corrected chi connectivity index (χ2v) is 6.21. The van der Waals surface area contributed by atoms with Crippen LogP contribution in [0.2, 0.25) is 0 Å². The molecule has 2 heterocycles. The third-order valence-corrected chi connectivity index (χ3v) is 4.40. The minimum Gasteiger partial charge on any atom is -0.362 e. The van der Waals surface area contributed by atoms with Crippen LogP contribution in [0, 0.1) is 12.7 Å². The highest BCUT2D eigenvalue weighted by atomic mass is 19.1. The van der Waals surface area contributed by atoms with Crippen molar-refractivity contribution in [2.75, 3.05) is 5.32 Å². The number of nitrogens with one attached hydrogen (secondary N) is 1. The number of hydrogen-bond donors (Lipinski definition) is 1. The molecule has 4 aromatic rings. The van der Waals surface area contributed by atoms with Crippen molar-refractivity contribution in [2.24, 2.45) is 0 Å². The van der Waals surface area contributed by atoms with Crippen molar-refractivity contribution in [3.05, 3.63) is 77.6 Å². The summed E-state index contributed by atoms with van der Waals surface area (Å²) in [6.07, 6.45) is 0. The van der Waals surface area contributed by atoms with Crippen LogP contribution >= 0.6 is 0 Å². The van der Waals surface area contributed by atoms with Crippen molar-refractivity contribution in [1.29, 1.82) is 0 Å². The van der Waals surface area contributed by atoms with Gasteiger partial charge in [0.25, 0.3) is 0 Å². The van der Waals surface area contributed by atoms with Gasteiger partial charge in [0.05, 0.1) is 11.6 Å². The standard InChI is InChI=1S/C20H18FN5/c1-13-7-3-4-8-15(13)14(2)22-18-11-12-19-23-24-20(26(19)25-18)16-9-5-6-10-17(16)21/h3-12,14H,1-2H3,(H,22,25)/t14-/m1/s1. The van der Waals surface area contributed by atoms with Gasteiger partial charge in [0.15, 0.2) is 11.5 Å². The molecule has 0 unspecified atom stereocenters. The van der Waals surface area contributed by atoms with E-state index < -0.39 is 0 Å². The summed E-state index contributed by atoms with van der Waals surface area (Å²) in [5.74, 6) is 0.700. The molecule has 0 saturated heterocycles. The SMILES string of the molecule is Cc1ccccc1[C@@H](C)Nc1ccc2nnc(-c3ccccc3F)n2n1. The average molecular weight is 347 g/mol. The van der Waals surface area contributed by atoms with E-state index in [1.807, 2.05) is 24.3 Å². The van der Waals surface area contributed by atoms with E-state index >= 15 is 0 Å². The molecular weight excluding hydrogens is 329 g/mol. The molecule has 5 nitrogen and oxygen atoms in total. The van der Waals surface area contributed by atoms with E-state index in [0.717, 1.165) is 0 Å². The number of aryl methyl sites for hydroxylation is 1. The molecule has 0 saturated carbocycles. The molecule has 2 aromatic heterocycles. The van der Waals surface area contributed by atoms with Crippen molar-refractivity contribution >= 4 is 11.5 Å². The Balaban J connectivity index is 1.71. The third kappa shape index (κ3) is 2.90. The summed E-state index contributed by atoms with van der Waals surface area (Å²) in [7, 11) is 0. The first-order valence-corrected chi connectivity index (χ1v) is 8.43. The van der Waals surface area contributed by atoms with Crippen LogP contribution in [0.1, 0.15) is 24.1 Å². The summed E-state index contributed by atoms with van der Waals surface area (Å²) < 4.78 is 15.7. The lowest BCUT2D eigenvalue weighted by atomic mass is 10.0. The van der Waals surface area contributed by atoms with Crippen LogP contribution in [0.25, 0.3) is 17.0 Å². The van der Waals surface area contributed by atoms with Crippen LogP contribution in [0.5, 0.6) is 0 Å². The lowest BCUT2D eigenvalue weighted by Gasteiger charge is -2.17. The van der Waals surface area contributed by atoms with Gasteiger partial charge in [-0.2, -0.15) is 4.52 Å². The maximum atomic E-state index is 14.1. The van der Waals surface area contributed by atoms with Gasteiger partial charge in [-0.25, -0.2) is 4.39 Å². The summed E-state index contributed by atoms with van der Waals surface area (Å²) in [5, 5.41) is 16.1. The summed E-state index contributed by atoms with van der Waals surface area (Å²) in [6.45, 7) is 4.17. The van der Waals surface area contributed by atoms with Gasteiger partial charge in [0.1, 0.15) is 11.6 Å². The molecule has 130 valence electrons. The van der Waals surface area contributed by atoms with Crippen LogP contribution in [-0.2, 0) is 0 Å². The average Bonchev–Trinajstić information content (AvgIpc) is 3.05. The minimum absolute atomic E-state index is 0.0783. The first kappa shape index (κ1) is 16.2. The number of benzene rings is 2. The molecular formula is C20H18FN5. The third-order valence-electron chi connectivity index (χ3n) is 4.40. The maximum Gasteiger partial charge on any atom is 0.188 e. The molecule has 4 rings (SSSR count). The summed E-state index contributed by atoms with van der Waals surface area (Å²) >= 11 is 0. The second-order valence-electron chi connectivity index (χ2n) is 6.21. The number of fused-ring (bicyclic) bond motifs is 1. The number of rotatable bonds is 4. The van der Waals surface area contributed by atoms with Gasteiger partial charge in [-0.1, -0.05) is 36.4 Å². The topological polar surface area (TPSA) is 55.1 Å². The van der Waals surface area contributed by atoms with E-state index in [4.69, 9.17) is 0 Å². The van der Waals surface area contributed by atoms with Crippen molar-refractivity contribution < 1.29 is 4.39 Å². The van der Waals surface area contributed by atoms with Gasteiger partial charge in [-0.05, 0) is 49.2 Å². The predicted octanol–water partition coefficient (Wildman–Crippen LogP) is 4.41. The molecule has 1 atom stereocenters. The monoisotopic (exact) mass is 347 g/mol. The van der Waals surface area contributed by atoms with Gasteiger partial charge in [-0.15, -0.1) is 15.3 Å². The number of aromatic nitrogens is 4. The summed E-state index contributed by atoms with van der Waals surface area (Å²) in [4.78, 5) is 0. The molecule has 0 aliphatic carbocycles. The van der Waals surface area contributed by atoms with Crippen LogP contribution in [0.4, 0.5) is 10.2 Å². The second kappa shape index (κ2) is 6.55. The molecule has 0 spiro atoms. The molecule has 26 heavy (non-hydrogen) atoms. The predicted molar refractivity (Wildman–Crippen MR) is 99.4 cm³/mol. The van der Waals surface area contributed by atoms with Gasteiger partial charge in [-0.3, -0.25) is 0 Å². The molecule has 0 aliphatic rings. The van der Waals surface area contributed by atoms with Crippen molar-refractivity contribution in [1.82, 2.24) is 19.8 Å². The first-order chi connectivity index (χ1) is 12.6. The minimum atomic E-state index is -0.352. The normalized spacial score (nSPS) is 12.3. The molecule has 0 aliphatic heterocycles. The summed E-state index contributed by atoms with van der Waals surface area (Å²) in [6, 6.07) is 18.4. The highest BCUT2D eigenvalue weighted by Gasteiger charge is 2.14. The van der Waals surface area contributed by atoms with E-state index in [-0.39, 0.29) is 11.9 Å². The Labute approximate surface area is 150 Å².